The highest BCUT2D eigenvalue weighted by Crippen LogP contribution is 2.35. The van der Waals surface area contributed by atoms with Crippen molar-refractivity contribution in [3.63, 3.8) is 0 Å². The Morgan fingerprint density at radius 1 is 0.939 bits per heavy atom. The van der Waals surface area contributed by atoms with Crippen LogP contribution in [0.25, 0.3) is 6.08 Å². The highest BCUT2D eigenvalue weighted by atomic mass is 79.9. The molecule has 4 rings (SSSR count). The quantitative estimate of drug-likeness (QED) is 0.258. The number of amides is 2. The Kier molecular flexibility index (Phi) is 7.87. The van der Waals surface area contributed by atoms with Gasteiger partial charge in [-0.1, -0.05) is 69.5 Å². The molecule has 0 saturated carbocycles. The highest BCUT2D eigenvalue weighted by Gasteiger charge is 2.35. The van der Waals surface area contributed by atoms with E-state index in [9.17, 15) is 9.59 Å². The first-order valence-corrected chi connectivity index (χ1v) is 12.8. The summed E-state index contributed by atoms with van der Waals surface area (Å²) < 4.78 is 7.44. The molecular weight excluding hydrogens is 613 g/mol. The molecule has 0 spiro atoms. The summed E-state index contributed by atoms with van der Waals surface area (Å²) >= 11 is 20.0. The molecule has 0 aromatic heterocycles. The van der Waals surface area contributed by atoms with Gasteiger partial charge in [0.1, 0.15) is 12.4 Å². The maximum atomic E-state index is 12.8. The SMILES string of the molecule is O=C1S/C(=C\c2ccc(OCc3ccc(Cl)cc3Cl)c(Br)c2)C(=O)N1Cc1ccccc1Br. The van der Waals surface area contributed by atoms with E-state index < -0.39 is 0 Å². The minimum absolute atomic E-state index is 0.215. The number of carbonyl (C=O) groups is 2. The van der Waals surface area contributed by atoms with Crippen LogP contribution in [-0.4, -0.2) is 16.0 Å². The number of thioether (sulfide) groups is 1. The van der Waals surface area contributed by atoms with Gasteiger partial charge in [-0.15, -0.1) is 0 Å². The molecule has 0 radical (unpaired) electrons. The number of ether oxygens (including phenoxy) is 1. The lowest BCUT2D eigenvalue weighted by atomic mass is 10.2. The summed E-state index contributed by atoms with van der Waals surface area (Å²) in [6.07, 6.45) is 1.70. The molecule has 1 fully saturated rings. The first kappa shape index (κ1) is 24.4. The van der Waals surface area contributed by atoms with E-state index in [1.807, 2.05) is 42.5 Å². The van der Waals surface area contributed by atoms with Crippen LogP contribution in [0.15, 0.2) is 74.5 Å². The zero-order valence-electron chi connectivity index (χ0n) is 16.9. The van der Waals surface area contributed by atoms with Gasteiger partial charge in [0.15, 0.2) is 0 Å². The van der Waals surface area contributed by atoms with Gasteiger partial charge >= 0.3 is 0 Å². The van der Waals surface area contributed by atoms with Crippen LogP contribution in [0.5, 0.6) is 5.75 Å². The van der Waals surface area contributed by atoms with Gasteiger partial charge in [-0.3, -0.25) is 14.5 Å². The topological polar surface area (TPSA) is 46.6 Å². The number of benzene rings is 3. The monoisotopic (exact) mass is 625 g/mol. The molecule has 3 aromatic carbocycles. The Hall–Kier alpha value is -1.77. The first-order chi connectivity index (χ1) is 15.8. The molecule has 0 bridgehead atoms. The Labute approximate surface area is 222 Å². The standard InChI is InChI=1S/C24H15Br2Cl2NO3S/c25-18-4-2-1-3-15(18)12-29-23(30)22(33-24(29)31)10-14-5-8-21(19(26)9-14)32-13-16-6-7-17(27)11-20(16)28/h1-11H,12-13H2/b22-10-. The Morgan fingerprint density at radius 3 is 2.45 bits per heavy atom. The molecule has 1 saturated heterocycles. The van der Waals surface area contributed by atoms with Crippen LogP contribution < -0.4 is 4.74 Å². The minimum Gasteiger partial charge on any atom is -0.488 e. The average Bonchev–Trinajstić information content (AvgIpc) is 3.03. The summed E-state index contributed by atoms with van der Waals surface area (Å²) in [5.74, 6) is 0.315. The van der Waals surface area contributed by atoms with Crippen LogP contribution in [0, 0.1) is 0 Å². The summed E-state index contributed by atoms with van der Waals surface area (Å²) in [5, 5.41) is 0.810. The van der Waals surface area contributed by atoms with E-state index in [1.165, 1.54) is 4.90 Å². The second kappa shape index (κ2) is 10.7. The summed E-state index contributed by atoms with van der Waals surface area (Å²) in [4.78, 5) is 26.9. The van der Waals surface area contributed by atoms with Gasteiger partial charge in [-0.25, -0.2) is 0 Å². The third-order valence-corrected chi connectivity index (χ3v) is 7.70. The van der Waals surface area contributed by atoms with Crippen LogP contribution in [0.3, 0.4) is 0 Å². The molecular formula is C24H15Br2Cl2NO3S. The molecule has 1 heterocycles. The number of imide groups is 1. The van der Waals surface area contributed by atoms with E-state index in [4.69, 9.17) is 27.9 Å². The predicted molar refractivity (Wildman–Crippen MR) is 141 cm³/mol. The maximum Gasteiger partial charge on any atom is 0.293 e. The van der Waals surface area contributed by atoms with Crippen molar-refractivity contribution in [2.45, 2.75) is 13.2 Å². The molecule has 1 aliphatic rings. The van der Waals surface area contributed by atoms with Gasteiger partial charge in [0.05, 0.1) is 15.9 Å². The zero-order valence-corrected chi connectivity index (χ0v) is 22.4. The van der Waals surface area contributed by atoms with E-state index in [0.29, 0.717) is 25.2 Å². The van der Waals surface area contributed by atoms with Gasteiger partial charge in [0, 0.05) is 20.1 Å². The molecule has 33 heavy (non-hydrogen) atoms. The van der Waals surface area contributed by atoms with Crippen LogP contribution in [0.2, 0.25) is 10.0 Å². The molecule has 0 aliphatic carbocycles. The summed E-state index contributed by atoms with van der Waals surface area (Å²) in [6.45, 7) is 0.495. The zero-order chi connectivity index (χ0) is 23.5. The fourth-order valence-electron chi connectivity index (χ4n) is 3.10. The van der Waals surface area contributed by atoms with Gasteiger partial charge in [0.2, 0.25) is 0 Å². The van der Waals surface area contributed by atoms with Crippen molar-refractivity contribution in [2.24, 2.45) is 0 Å². The second-order valence-corrected chi connectivity index (χ2v) is 10.6. The van der Waals surface area contributed by atoms with Crippen LogP contribution in [-0.2, 0) is 17.9 Å². The number of hydrogen-bond donors (Lipinski definition) is 0. The molecule has 9 heteroatoms. The van der Waals surface area contributed by atoms with Crippen LogP contribution >= 0.6 is 66.8 Å². The van der Waals surface area contributed by atoms with Gasteiger partial charge in [0.25, 0.3) is 11.1 Å². The Balaban J connectivity index is 1.46. The van der Waals surface area contributed by atoms with Crippen LogP contribution in [0.1, 0.15) is 16.7 Å². The third kappa shape index (κ3) is 5.84. The molecule has 0 N–H and O–H groups in total. The van der Waals surface area contributed by atoms with Crippen molar-refractivity contribution in [3.05, 3.63) is 101 Å². The van der Waals surface area contributed by atoms with E-state index in [1.54, 1.807) is 24.3 Å². The van der Waals surface area contributed by atoms with Crippen LogP contribution in [0.4, 0.5) is 4.79 Å². The van der Waals surface area contributed by atoms with Crippen molar-refractivity contribution in [1.29, 1.82) is 0 Å². The smallest absolute Gasteiger partial charge is 0.293 e. The number of hydrogen-bond acceptors (Lipinski definition) is 4. The van der Waals surface area contributed by atoms with Crippen molar-refractivity contribution in [1.82, 2.24) is 4.90 Å². The van der Waals surface area contributed by atoms with Crippen molar-refractivity contribution < 1.29 is 14.3 Å². The van der Waals surface area contributed by atoms with Crippen molar-refractivity contribution in [2.75, 3.05) is 0 Å². The normalized spacial score (nSPS) is 14.9. The highest BCUT2D eigenvalue weighted by molar-refractivity contribution is 9.10. The van der Waals surface area contributed by atoms with E-state index >= 15 is 0 Å². The Morgan fingerprint density at radius 2 is 1.73 bits per heavy atom. The van der Waals surface area contributed by atoms with Crippen molar-refractivity contribution >= 4 is 84.0 Å². The maximum absolute atomic E-state index is 12.8. The fraction of sp³-hybridized carbons (Fsp3) is 0.0833. The van der Waals surface area contributed by atoms with Gasteiger partial charge in [-0.05, 0) is 75.2 Å². The third-order valence-electron chi connectivity index (χ3n) is 4.81. The predicted octanol–water partition coefficient (Wildman–Crippen LogP) is 8.33. The van der Waals surface area contributed by atoms with E-state index in [-0.39, 0.29) is 24.3 Å². The second-order valence-electron chi connectivity index (χ2n) is 7.07. The van der Waals surface area contributed by atoms with Gasteiger partial charge in [-0.2, -0.15) is 0 Å². The largest absolute Gasteiger partial charge is 0.488 e. The molecule has 0 atom stereocenters. The lowest BCUT2D eigenvalue weighted by Crippen LogP contribution is -2.27. The molecule has 2 amide bonds. The number of rotatable bonds is 6. The average molecular weight is 628 g/mol. The van der Waals surface area contributed by atoms with Gasteiger partial charge < -0.3 is 4.74 Å². The Bertz CT molecular complexity index is 1280. The first-order valence-electron chi connectivity index (χ1n) is 9.67. The molecule has 1 aliphatic heterocycles. The summed E-state index contributed by atoms with van der Waals surface area (Å²) in [5.41, 5.74) is 2.45. The molecule has 4 nitrogen and oxygen atoms in total. The molecule has 3 aromatic rings. The number of nitrogens with zero attached hydrogens (tertiary/aromatic N) is 1. The van der Waals surface area contributed by atoms with Crippen molar-refractivity contribution in [3.8, 4) is 5.75 Å². The van der Waals surface area contributed by atoms with E-state index in [0.717, 1.165) is 32.9 Å². The number of halogens is 4. The fourth-order valence-corrected chi connectivity index (χ4v) is 5.33. The van der Waals surface area contributed by atoms with E-state index in [2.05, 4.69) is 31.9 Å². The minimum atomic E-state index is -0.311. The summed E-state index contributed by atoms with van der Waals surface area (Å²) in [6, 6.07) is 18.2. The lowest BCUT2D eigenvalue weighted by Gasteiger charge is -2.13. The molecule has 168 valence electrons. The summed E-state index contributed by atoms with van der Waals surface area (Å²) in [7, 11) is 0. The lowest BCUT2D eigenvalue weighted by molar-refractivity contribution is -0.123. The number of carbonyl (C=O) groups excluding carboxylic acids is 2. The molecule has 0 unspecified atom stereocenters.